The summed E-state index contributed by atoms with van der Waals surface area (Å²) in [5, 5.41) is 3.24. The Morgan fingerprint density at radius 1 is 1.42 bits per heavy atom. The molecule has 3 heteroatoms. The summed E-state index contributed by atoms with van der Waals surface area (Å²) in [4.78, 5) is 0. The van der Waals surface area contributed by atoms with E-state index in [0.717, 1.165) is 37.4 Å². The van der Waals surface area contributed by atoms with Crippen LogP contribution in [-0.2, 0) is 11.2 Å². The standard InChI is InChI=1S/C16H24N2O/c1-3-4-16(19-15-10-18-11-15)12(2)9-13-5-7-14(17)8-6-13/h4-8,12,15,18H,3,9-11,17H2,1-2H3/b16-4-. The van der Waals surface area contributed by atoms with Crippen molar-refractivity contribution in [1.82, 2.24) is 5.32 Å². The molecule has 104 valence electrons. The highest BCUT2D eigenvalue weighted by Crippen LogP contribution is 2.21. The zero-order valence-electron chi connectivity index (χ0n) is 11.9. The lowest BCUT2D eigenvalue weighted by molar-refractivity contribution is 0.0546. The van der Waals surface area contributed by atoms with Crippen molar-refractivity contribution in [3.8, 4) is 0 Å². The van der Waals surface area contributed by atoms with Crippen molar-refractivity contribution in [3.05, 3.63) is 41.7 Å². The van der Waals surface area contributed by atoms with Gasteiger partial charge in [0.25, 0.3) is 0 Å². The minimum absolute atomic E-state index is 0.353. The van der Waals surface area contributed by atoms with Gasteiger partial charge in [-0.15, -0.1) is 0 Å². The van der Waals surface area contributed by atoms with E-state index in [-0.39, 0.29) is 0 Å². The van der Waals surface area contributed by atoms with Crippen molar-refractivity contribution >= 4 is 5.69 Å². The summed E-state index contributed by atoms with van der Waals surface area (Å²) >= 11 is 0. The summed E-state index contributed by atoms with van der Waals surface area (Å²) in [5.41, 5.74) is 7.84. The van der Waals surface area contributed by atoms with Gasteiger partial charge in [0.1, 0.15) is 6.10 Å². The second-order valence-corrected chi connectivity index (χ2v) is 5.26. The second-order valence-electron chi connectivity index (χ2n) is 5.26. The van der Waals surface area contributed by atoms with Crippen LogP contribution in [0.4, 0.5) is 5.69 Å². The van der Waals surface area contributed by atoms with E-state index in [2.05, 4.69) is 37.4 Å². The molecule has 1 saturated heterocycles. The van der Waals surface area contributed by atoms with Crippen LogP contribution in [0, 0.1) is 5.92 Å². The van der Waals surface area contributed by atoms with Crippen LogP contribution in [0.25, 0.3) is 0 Å². The van der Waals surface area contributed by atoms with Crippen LogP contribution >= 0.6 is 0 Å². The SMILES string of the molecule is CC/C=C(\OC1CNC1)C(C)Cc1ccc(N)cc1. The maximum absolute atomic E-state index is 6.06. The number of allylic oxidation sites excluding steroid dienone is 2. The largest absolute Gasteiger partial charge is 0.492 e. The Morgan fingerprint density at radius 3 is 2.63 bits per heavy atom. The molecule has 3 N–H and O–H groups in total. The van der Waals surface area contributed by atoms with E-state index in [1.165, 1.54) is 5.56 Å². The number of hydrogen-bond acceptors (Lipinski definition) is 3. The van der Waals surface area contributed by atoms with Crippen molar-refractivity contribution in [3.63, 3.8) is 0 Å². The van der Waals surface area contributed by atoms with Crippen LogP contribution in [0.15, 0.2) is 36.1 Å². The third-order valence-electron chi connectivity index (χ3n) is 3.46. The molecule has 2 rings (SSSR count). The maximum atomic E-state index is 6.06. The maximum Gasteiger partial charge on any atom is 0.123 e. The number of nitrogen functional groups attached to an aromatic ring is 1. The van der Waals surface area contributed by atoms with Gasteiger partial charge in [0.2, 0.25) is 0 Å². The molecule has 1 aliphatic heterocycles. The van der Waals surface area contributed by atoms with E-state index in [9.17, 15) is 0 Å². The van der Waals surface area contributed by atoms with Crippen molar-refractivity contribution < 1.29 is 4.74 Å². The molecular weight excluding hydrogens is 236 g/mol. The highest BCUT2D eigenvalue weighted by molar-refractivity contribution is 5.39. The van der Waals surface area contributed by atoms with Gasteiger partial charge in [0.05, 0.1) is 5.76 Å². The van der Waals surface area contributed by atoms with Crippen LogP contribution in [0.5, 0.6) is 0 Å². The number of anilines is 1. The molecule has 0 bridgehead atoms. The number of ether oxygens (including phenoxy) is 1. The molecule has 0 radical (unpaired) electrons. The van der Waals surface area contributed by atoms with Gasteiger partial charge >= 0.3 is 0 Å². The highest BCUT2D eigenvalue weighted by atomic mass is 16.5. The number of hydrogen-bond donors (Lipinski definition) is 2. The van der Waals surface area contributed by atoms with E-state index in [0.29, 0.717) is 12.0 Å². The number of nitrogens with two attached hydrogens (primary N) is 1. The van der Waals surface area contributed by atoms with E-state index in [1.807, 2.05) is 12.1 Å². The van der Waals surface area contributed by atoms with Crippen LogP contribution in [0.3, 0.4) is 0 Å². The fraction of sp³-hybridized carbons (Fsp3) is 0.500. The summed E-state index contributed by atoms with van der Waals surface area (Å²) in [6, 6.07) is 8.12. The van der Waals surface area contributed by atoms with E-state index in [1.54, 1.807) is 0 Å². The smallest absolute Gasteiger partial charge is 0.123 e. The molecule has 1 aliphatic rings. The van der Waals surface area contributed by atoms with Gasteiger partial charge in [-0.25, -0.2) is 0 Å². The van der Waals surface area contributed by atoms with Crippen molar-refractivity contribution in [2.45, 2.75) is 32.8 Å². The number of nitrogens with one attached hydrogen (secondary N) is 1. The van der Waals surface area contributed by atoms with Gasteiger partial charge in [-0.3, -0.25) is 0 Å². The van der Waals surface area contributed by atoms with E-state index in [4.69, 9.17) is 10.5 Å². The Morgan fingerprint density at radius 2 is 2.11 bits per heavy atom. The molecule has 1 atom stereocenters. The Kier molecular flexibility index (Phi) is 4.86. The van der Waals surface area contributed by atoms with Crippen LogP contribution in [0.1, 0.15) is 25.8 Å². The fourth-order valence-electron chi connectivity index (χ4n) is 2.21. The molecule has 1 aromatic carbocycles. The molecule has 1 aromatic rings. The molecule has 0 aliphatic carbocycles. The van der Waals surface area contributed by atoms with Crippen LogP contribution < -0.4 is 11.1 Å². The minimum atomic E-state index is 0.353. The predicted molar refractivity (Wildman–Crippen MR) is 79.8 cm³/mol. The molecule has 1 fully saturated rings. The third kappa shape index (κ3) is 4.00. The summed E-state index contributed by atoms with van der Waals surface area (Å²) in [7, 11) is 0. The average molecular weight is 260 g/mol. The first-order chi connectivity index (χ1) is 9.19. The molecule has 1 unspecified atom stereocenters. The summed E-state index contributed by atoms with van der Waals surface area (Å²) < 4.78 is 6.06. The van der Waals surface area contributed by atoms with E-state index >= 15 is 0 Å². The van der Waals surface area contributed by atoms with Gasteiger partial charge < -0.3 is 15.8 Å². The molecule has 1 heterocycles. The van der Waals surface area contributed by atoms with Crippen molar-refractivity contribution in [1.29, 1.82) is 0 Å². The molecule has 0 spiro atoms. The monoisotopic (exact) mass is 260 g/mol. The first-order valence-electron chi connectivity index (χ1n) is 7.11. The highest BCUT2D eigenvalue weighted by Gasteiger charge is 2.21. The predicted octanol–water partition coefficient (Wildman–Crippen LogP) is 2.73. The summed E-state index contributed by atoms with van der Waals surface area (Å²) in [5.74, 6) is 1.54. The van der Waals surface area contributed by atoms with Gasteiger partial charge in [0.15, 0.2) is 0 Å². The van der Waals surface area contributed by atoms with Gasteiger partial charge in [0, 0.05) is 24.7 Å². The van der Waals surface area contributed by atoms with Crippen molar-refractivity contribution in [2.24, 2.45) is 5.92 Å². The molecule has 0 amide bonds. The Hall–Kier alpha value is -1.48. The first-order valence-corrected chi connectivity index (χ1v) is 7.11. The first kappa shape index (κ1) is 13.9. The molecule has 0 saturated carbocycles. The second kappa shape index (κ2) is 6.62. The van der Waals surface area contributed by atoms with E-state index < -0.39 is 0 Å². The van der Waals surface area contributed by atoms with Crippen molar-refractivity contribution in [2.75, 3.05) is 18.8 Å². The molecule has 0 aromatic heterocycles. The summed E-state index contributed by atoms with van der Waals surface area (Å²) in [6.45, 7) is 6.31. The Labute approximate surface area is 115 Å². The zero-order chi connectivity index (χ0) is 13.7. The lowest BCUT2D eigenvalue weighted by Gasteiger charge is -2.31. The Balaban J connectivity index is 1.96. The normalized spacial score (nSPS) is 17.9. The third-order valence-corrected chi connectivity index (χ3v) is 3.46. The quantitative estimate of drug-likeness (QED) is 0.611. The average Bonchev–Trinajstić information content (AvgIpc) is 2.35. The lowest BCUT2D eigenvalue weighted by Crippen LogP contribution is -2.48. The van der Waals surface area contributed by atoms with Gasteiger partial charge in [-0.2, -0.15) is 0 Å². The fourth-order valence-corrected chi connectivity index (χ4v) is 2.21. The lowest BCUT2D eigenvalue weighted by atomic mass is 9.98. The van der Waals surface area contributed by atoms with Gasteiger partial charge in [-0.05, 0) is 36.6 Å². The number of benzene rings is 1. The topological polar surface area (TPSA) is 47.3 Å². The van der Waals surface area contributed by atoms with Crippen LogP contribution in [-0.4, -0.2) is 19.2 Å². The molecule has 3 nitrogen and oxygen atoms in total. The summed E-state index contributed by atoms with van der Waals surface area (Å²) in [6.07, 6.45) is 4.57. The Bertz CT molecular complexity index is 421. The minimum Gasteiger partial charge on any atom is -0.492 e. The van der Waals surface area contributed by atoms with Gasteiger partial charge in [-0.1, -0.05) is 26.0 Å². The number of rotatable bonds is 6. The molecular formula is C16H24N2O. The molecule has 19 heavy (non-hydrogen) atoms. The van der Waals surface area contributed by atoms with Crippen LogP contribution in [0.2, 0.25) is 0 Å². The zero-order valence-corrected chi connectivity index (χ0v) is 11.9.